The van der Waals surface area contributed by atoms with Gasteiger partial charge in [-0.3, -0.25) is 4.79 Å². The second-order valence-corrected chi connectivity index (χ2v) is 8.89. The highest BCUT2D eigenvalue weighted by atomic mass is 19.1. The molecule has 1 amide bonds. The number of rotatable bonds is 4. The maximum Gasteiger partial charge on any atom is 0.232 e. The molecule has 4 nitrogen and oxygen atoms in total. The minimum Gasteiger partial charge on any atom is -0.355 e. The first kappa shape index (κ1) is 16.8. The molecule has 0 saturated heterocycles. The van der Waals surface area contributed by atoms with Crippen molar-refractivity contribution < 1.29 is 9.18 Å². The molecule has 2 atom stereocenters. The summed E-state index contributed by atoms with van der Waals surface area (Å²) in [6, 6.07) is 8.59. The standard InChI is InChI=1S/C22H24FN3O/c1-21(2)16-9-10-22(21,20(27)24-12-13-7-8-13)19-15(16)11-18(25-26-19)14-5-3-4-6-17(14)23/h3-6,11,13,16H,7-10,12H2,1-2H3,(H,24,27)/t16-,22+/m1/s1. The first-order chi connectivity index (χ1) is 12.9. The lowest BCUT2D eigenvalue weighted by atomic mass is 9.67. The third kappa shape index (κ3) is 2.23. The number of aromatic nitrogens is 2. The number of carbonyl (C=O) groups excluding carboxylic acids is 1. The number of benzene rings is 1. The fraction of sp³-hybridized carbons (Fsp3) is 0.500. The van der Waals surface area contributed by atoms with E-state index in [0.29, 0.717) is 17.2 Å². The highest BCUT2D eigenvalue weighted by Crippen LogP contribution is 2.67. The average molecular weight is 365 g/mol. The number of amides is 1. The van der Waals surface area contributed by atoms with Gasteiger partial charge in [-0.2, -0.15) is 10.2 Å². The molecular formula is C22H24FN3O. The van der Waals surface area contributed by atoms with Crippen molar-refractivity contribution in [3.63, 3.8) is 0 Å². The molecule has 0 spiro atoms. The highest BCUT2D eigenvalue weighted by Gasteiger charge is 2.67. The van der Waals surface area contributed by atoms with Crippen LogP contribution in [0.5, 0.6) is 0 Å². The molecule has 27 heavy (non-hydrogen) atoms. The fourth-order valence-electron chi connectivity index (χ4n) is 5.34. The van der Waals surface area contributed by atoms with Crippen LogP contribution in [0.2, 0.25) is 0 Å². The summed E-state index contributed by atoms with van der Waals surface area (Å²) in [5, 5.41) is 12.0. The predicted octanol–water partition coefficient (Wildman–Crippen LogP) is 3.96. The van der Waals surface area contributed by atoms with Gasteiger partial charge in [-0.05, 0) is 66.7 Å². The lowest BCUT2D eigenvalue weighted by Crippen LogP contribution is -2.50. The summed E-state index contributed by atoms with van der Waals surface area (Å²) < 4.78 is 14.2. The Kier molecular flexibility index (Phi) is 3.49. The van der Waals surface area contributed by atoms with Crippen LogP contribution in [0.1, 0.15) is 56.7 Å². The van der Waals surface area contributed by atoms with Gasteiger partial charge in [0.2, 0.25) is 5.91 Å². The first-order valence-corrected chi connectivity index (χ1v) is 9.86. The molecule has 3 aliphatic rings. The van der Waals surface area contributed by atoms with Crippen molar-refractivity contribution in [1.82, 2.24) is 15.5 Å². The Morgan fingerprint density at radius 2 is 2.00 bits per heavy atom. The topological polar surface area (TPSA) is 54.9 Å². The summed E-state index contributed by atoms with van der Waals surface area (Å²) in [6.07, 6.45) is 4.19. The molecule has 1 aromatic carbocycles. The van der Waals surface area contributed by atoms with Gasteiger partial charge in [0, 0.05) is 12.1 Å². The zero-order valence-corrected chi connectivity index (χ0v) is 15.8. The van der Waals surface area contributed by atoms with E-state index in [1.54, 1.807) is 18.2 Å². The summed E-state index contributed by atoms with van der Waals surface area (Å²) >= 11 is 0. The normalized spacial score (nSPS) is 27.4. The van der Waals surface area contributed by atoms with Crippen LogP contribution in [-0.2, 0) is 10.2 Å². The van der Waals surface area contributed by atoms with Gasteiger partial charge >= 0.3 is 0 Å². The average Bonchev–Trinajstić information content (AvgIpc) is 3.42. The van der Waals surface area contributed by atoms with Gasteiger partial charge in [-0.25, -0.2) is 4.39 Å². The Bertz CT molecular complexity index is 937. The molecule has 1 heterocycles. The van der Waals surface area contributed by atoms with Crippen molar-refractivity contribution in [2.75, 3.05) is 6.54 Å². The Hall–Kier alpha value is -2.30. The van der Waals surface area contributed by atoms with Crippen molar-refractivity contribution in [1.29, 1.82) is 0 Å². The maximum absolute atomic E-state index is 14.2. The summed E-state index contributed by atoms with van der Waals surface area (Å²) in [5.74, 6) is 0.681. The molecule has 3 aliphatic carbocycles. The zero-order valence-electron chi connectivity index (χ0n) is 15.8. The Balaban J connectivity index is 1.58. The van der Waals surface area contributed by atoms with Crippen molar-refractivity contribution in [3.05, 3.63) is 47.4 Å². The summed E-state index contributed by atoms with van der Waals surface area (Å²) in [5.41, 5.74) is 2.04. The number of fused-ring (bicyclic) bond motifs is 5. The molecule has 140 valence electrons. The molecule has 5 heteroatoms. The highest BCUT2D eigenvalue weighted by molar-refractivity contribution is 5.91. The summed E-state index contributed by atoms with van der Waals surface area (Å²) in [4.78, 5) is 13.3. The van der Waals surface area contributed by atoms with E-state index in [0.717, 1.165) is 30.6 Å². The third-order valence-electron chi connectivity index (χ3n) is 7.17. The SMILES string of the molecule is CC1(C)[C@@H]2CC[C@@]1(C(=O)NCC1CC1)c1nnc(-c3ccccc3F)cc12. The van der Waals surface area contributed by atoms with Crippen LogP contribution in [0.15, 0.2) is 30.3 Å². The molecule has 1 aromatic heterocycles. The maximum atomic E-state index is 14.2. The van der Waals surface area contributed by atoms with Gasteiger partial charge in [-0.15, -0.1) is 0 Å². The largest absolute Gasteiger partial charge is 0.355 e. The summed E-state index contributed by atoms with van der Waals surface area (Å²) in [7, 11) is 0. The second-order valence-electron chi connectivity index (χ2n) is 8.89. The minimum atomic E-state index is -0.622. The van der Waals surface area contributed by atoms with E-state index in [-0.39, 0.29) is 23.1 Å². The van der Waals surface area contributed by atoms with Gasteiger partial charge in [0.1, 0.15) is 5.82 Å². The zero-order chi connectivity index (χ0) is 18.8. The van der Waals surface area contributed by atoms with Crippen LogP contribution in [-0.4, -0.2) is 22.6 Å². The van der Waals surface area contributed by atoms with E-state index < -0.39 is 5.41 Å². The van der Waals surface area contributed by atoms with Crippen molar-refractivity contribution >= 4 is 5.91 Å². The van der Waals surface area contributed by atoms with E-state index in [1.807, 2.05) is 6.07 Å². The Morgan fingerprint density at radius 3 is 2.74 bits per heavy atom. The predicted molar refractivity (Wildman–Crippen MR) is 101 cm³/mol. The van der Waals surface area contributed by atoms with E-state index in [9.17, 15) is 9.18 Å². The molecule has 1 N–H and O–H groups in total. The van der Waals surface area contributed by atoms with Crippen molar-refractivity contribution in [2.45, 2.75) is 50.9 Å². The fourth-order valence-corrected chi connectivity index (χ4v) is 5.34. The number of carbonyl (C=O) groups is 1. The van der Waals surface area contributed by atoms with Gasteiger partial charge in [0.15, 0.2) is 0 Å². The molecule has 2 saturated carbocycles. The number of hydrogen-bond acceptors (Lipinski definition) is 3. The van der Waals surface area contributed by atoms with Gasteiger partial charge in [0.05, 0.1) is 16.8 Å². The number of nitrogens with one attached hydrogen (secondary N) is 1. The third-order valence-corrected chi connectivity index (χ3v) is 7.17. The lowest BCUT2D eigenvalue weighted by molar-refractivity contribution is -0.130. The Morgan fingerprint density at radius 1 is 1.22 bits per heavy atom. The molecule has 2 bridgehead atoms. The van der Waals surface area contributed by atoms with Crippen LogP contribution in [0.3, 0.4) is 0 Å². The van der Waals surface area contributed by atoms with E-state index in [4.69, 9.17) is 0 Å². The molecule has 2 aromatic rings. The van der Waals surface area contributed by atoms with Crippen LogP contribution in [0.4, 0.5) is 4.39 Å². The molecular weight excluding hydrogens is 341 g/mol. The monoisotopic (exact) mass is 365 g/mol. The Labute approximate surface area is 158 Å². The van der Waals surface area contributed by atoms with Crippen LogP contribution in [0.25, 0.3) is 11.3 Å². The summed E-state index contributed by atoms with van der Waals surface area (Å²) in [6.45, 7) is 5.11. The number of nitrogens with zero attached hydrogens (tertiary/aromatic N) is 2. The first-order valence-electron chi connectivity index (χ1n) is 9.86. The van der Waals surface area contributed by atoms with Crippen LogP contribution >= 0.6 is 0 Å². The minimum absolute atomic E-state index is 0.0913. The van der Waals surface area contributed by atoms with E-state index in [1.165, 1.54) is 18.9 Å². The molecule has 0 aliphatic heterocycles. The number of hydrogen-bond donors (Lipinski definition) is 1. The lowest BCUT2D eigenvalue weighted by Gasteiger charge is -2.36. The van der Waals surface area contributed by atoms with E-state index in [2.05, 4.69) is 29.4 Å². The van der Waals surface area contributed by atoms with Crippen molar-refractivity contribution in [3.8, 4) is 11.3 Å². The number of halogens is 1. The smallest absolute Gasteiger partial charge is 0.232 e. The van der Waals surface area contributed by atoms with Crippen LogP contribution < -0.4 is 5.32 Å². The van der Waals surface area contributed by atoms with Crippen LogP contribution in [0, 0.1) is 17.2 Å². The molecule has 0 unspecified atom stereocenters. The van der Waals surface area contributed by atoms with Crippen molar-refractivity contribution in [2.24, 2.45) is 11.3 Å². The molecule has 2 fully saturated rings. The second kappa shape index (κ2) is 5.60. The van der Waals surface area contributed by atoms with Gasteiger partial charge in [0.25, 0.3) is 0 Å². The molecule has 5 rings (SSSR count). The van der Waals surface area contributed by atoms with Gasteiger partial charge < -0.3 is 5.32 Å². The van der Waals surface area contributed by atoms with Gasteiger partial charge in [-0.1, -0.05) is 26.0 Å². The van der Waals surface area contributed by atoms with E-state index >= 15 is 0 Å². The molecule has 0 radical (unpaired) electrons. The quantitative estimate of drug-likeness (QED) is 0.892.